The minimum atomic E-state index is -1.27. The predicted molar refractivity (Wildman–Crippen MR) is 106 cm³/mol. The first kappa shape index (κ1) is 19.7. The summed E-state index contributed by atoms with van der Waals surface area (Å²) in [7, 11) is 1.91. The number of hydrogen-bond acceptors (Lipinski definition) is 5. The highest BCUT2D eigenvalue weighted by Crippen LogP contribution is 2.18. The monoisotopic (exact) mass is 399 g/mol. The molecule has 1 heterocycles. The summed E-state index contributed by atoms with van der Waals surface area (Å²) in [6.45, 7) is 0.372. The molecule has 0 unspecified atom stereocenters. The number of benzene rings is 2. The van der Waals surface area contributed by atoms with Crippen LogP contribution in [0.4, 0.5) is 0 Å². The SMILES string of the molecule is COc1ccc(CNC(=O)c2ccc(C[S@](=O)c3ccc(OC)cc3)o2)cc1. The molecule has 28 heavy (non-hydrogen) atoms. The van der Waals surface area contributed by atoms with E-state index >= 15 is 0 Å². The zero-order valence-electron chi connectivity index (χ0n) is 15.6. The largest absolute Gasteiger partial charge is 0.497 e. The van der Waals surface area contributed by atoms with Crippen LogP contribution in [0.5, 0.6) is 11.5 Å². The van der Waals surface area contributed by atoms with Crippen molar-refractivity contribution in [3.63, 3.8) is 0 Å². The van der Waals surface area contributed by atoms with E-state index in [9.17, 15) is 9.00 Å². The Morgan fingerprint density at radius 1 is 0.929 bits per heavy atom. The Morgan fingerprint density at radius 2 is 1.54 bits per heavy atom. The Balaban J connectivity index is 1.56. The molecule has 0 saturated carbocycles. The molecule has 0 aliphatic carbocycles. The van der Waals surface area contributed by atoms with Gasteiger partial charge in [0.15, 0.2) is 5.76 Å². The lowest BCUT2D eigenvalue weighted by Crippen LogP contribution is -2.22. The molecular weight excluding hydrogens is 378 g/mol. The second kappa shape index (κ2) is 9.23. The van der Waals surface area contributed by atoms with Gasteiger partial charge in [0.25, 0.3) is 5.91 Å². The molecule has 0 radical (unpaired) electrons. The highest BCUT2D eigenvalue weighted by Gasteiger charge is 2.14. The van der Waals surface area contributed by atoms with Gasteiger partial charge in [-0.3, -0.25) is 9.00 Å². The number of carbonyl (C=O) groups is 1. The number of ether oxygens (including phenoxy) is 2. The maximum atomic E-state index is 12.5. The van der Waals surface area contributed by atoms with Crippen LogP contribution < -0.4 is 14.8 Å². The summed E-state index contributed by atoms with van der Waals surface area (Å²) in [6, 6.07) is 17.7. The minimum Gasteiger partial charge on any atom is -0.497 e. The zero-order chi connectivity index (χ0) is 19.9. The summed E-state index contributed by atoms with van der Waals surface area (Å²) in [5.41, 5.74) is 0.946. The maximum Gasteiger partial charge on any atom is 0.287 e. The summed E-state index contributed by atoms with van der Waals surface area (Å²) < 4.78 is 28.2. The molecule has 1 aromatic heterocycles. The first-order chi connectivity index (χ1) is 13.6. The van der Waals surface area contributed by atoms with E-state index in [1.54, 1.807) is 50.6 Å². The van der Waals surface area contributed by atoms with Gasteiger partial charge in [0.05, 0.1) is 30.8 Å². The molecule has 0 aliphatic rings. The summed E-state index contributed by atoms with van der Waals surface area (Å²) >= 11 is 0. The Kier molecular flexibility index (Phi) is 6.49. The first-order valence-electron chi connectivity index (χ1n) is 8.61. The Labute approximate surface area is 165 Å². The van der Waals surface area contributed by atoms with Gasteiger partial charge in [-0.2, -0.15) is 0 Å². The molecule has 6 nitrogen and oxygen atoms in total. The van der Waals surface area contributed by atoms with Crippen LogP contribution in [0.1, 0.15) is 21.9 Å². The standard InChI is InChI=1S/C21H21NO5S/c1-25-16-5-3-15(4-6-16)13-22-21(23)20-12-9-18(27-20)14-28(24)19-10-7-17(26-2)8-11-19/h3-12H,13-14H2,1-2H3,(H,22,23)/t28-/m0/s1. The molecule has 1 atom stereocenters. The molecule has 7 heteroatoms. The zero-order valence-corrected chi connectivity index (χ0v) is 16.5. The van der Waals surface area contributed by atoms with E-state index in [1.165, 1.54) is 0 Å². The lowest BCUT2D eigenvalue weighted by atomic mass is 10.2. The molecule has 2 aromatic carbocycles. The van der Waals surface area contributed by atoms with Crippen molar-refractivity contribution in [2.24, 2.45) is 0 Å². The third-order valence-electron chi connectivity index (χ3n) is 4.09. The van der Waals surface area contributed by atoms with Crippen LogP contribution in [0, 0.1) is 0 Å². The Morgan fingerprint density at radius 3 is 2.14 bits per heavy atom. The van der Waals surface area contributed by atoms with E-state index in [4.69, 9.17) is 13.9 Å². The summed E-state index contributed by atoms with van der Waals surface area (Å²) in [5, 5.41) is 2.80. The van der Waals surface area contributed by atoms with Crippen LogP contribution in [0.15, 0.2) is 70.0 Å². The van der Waals surface area contributed by atoms with Crippen molar-refractivity contribution in [3.05, 3.63) is 77.7 Å². The average Bonchev–Trinajstić information content (AvgIpc) is 3.21. The van der Waals surface area contributed by atoms with Crippen LogP contribution >= 0.6 is 0 Å². The van der Waals surface area contributed by atoms with Crippen molar-refractivity contribution < 1.29 is 22.9 Å². The van der Waals surface area contributed by atoms with Crippen LogP contribution in [0.25, 0.3) is 0 Å². The number of carbonyl (C=O) groups excluding carboxylic acids is 1. The van der Waals surface area contributed by atoms with Gasteiger partial charge in [0.2, 0.25) is 0 Å². The van der Waals surface area contributed by atoms with E-state index < -0.39 is 10.8 Å². The van der Waals surface area contributed by atoms with Crippen LogP contribution in [-0.2, 0) is 23.1 Å². The lowest BCUT2D eigenvalue weighted by Gasteiger charge is -2.05. The summed E-state index contributed by atoms with van der Waals surface area (Å²) in [4.78, 5) is 12.9. The minimum absolute atomic E-state index is 0.190. The quantitative estimate of drug-likeness (QED) is 0.627. The molecule has 3 rings (SSSR count). The molecule has 0 fully saturated rings. The van der Waals surface area contributed by atoms with Gasteiger partial charge in [-0.05, 0) is 54.1 Å². The van der Waals surface area contributed by atoms with E-state index in [2.05, 4.69) is 5.32 Å². The van der Waals surface area contributed by atoms with Gasteiger partial charge < -0.3 is 19.2 Å². The normalized spacial score (nSPS) is 11.6. The number of rotatable bonds is 8. The number of nitrogens with one attached hydrogen (secondary N) is 1. The van der Waals surface area contributed by atoms with E-state index in [-0.39, 0.29) is 17.4 Å². The topological polar surface area (TPSA) is 77.8 Å². The predicted octanol–water partition coefficient (Wildman–Crippen LogP) is 3.53. The van der Waals surface area contributed by atoms with E-state index in [0.717, 1.165) is 11.3 Å². The Bertz CT molecular complexity index is 948. The lowest BCUT2D eigenvalue weighted by molar-refractivity contribution is 0.0921. The molecule has 1 N–H and O–H groups in total. The van der Waals surface area contributed by atoms with Crippen molar-refractivity contribution in [2.75, 3.05) is 14.2 Å². The fourth-order valence-corrected chi connectivity index (χ4v) is 3.55. The van der Waals surface area contributed by atoms with Gasteiger partial charge >= 0.3 is 0 Å². The third-order valence-corrected chi connectivity index (χ3v) is 5.44. The van der Waals surface area contributed by atoms with Crippen molar-refractivity contribution >= 4 is 16.7 Å². The van der Waals surface area contributed by atoms with Crippen molar-refractivity contribution in [2.45, 2.75) is 17.2 Å². The average molecular weight is 399 g/mol. The number of methoxy groups -OCH3 is 2. The fraction of sp³-hybridized carbons (Fsp3) is 0.190. The molecule has 1 amide bonds. The maximum absolute atomic E-state index is 12.5. The highest BCUT2D eigenvalue weighted by molar-refractivity contribution is 7.84. The first-order valence-corrected chi connectivity index (χ1v) is 9.93. The van der Waals surface area contributed by atoms with E-state index in [1.807, 2.05) is 24.3 Å². The molecule has 146 valence electrons. The highest BCUT2D eigenvalue weighted by atomic mass is 32.2. The smallest absolute Gasteiger partial charge is 0.287 e. The van der Waals surface area contributed by atoms with Gasteiger partial charge in [-0.1, -0.05) is 12.1 Å². The second-order valence-corrected chi connectivity index (χ2v) is 7.41. The Hall–Kier alpha value is -3.06. The van der Waals surface area contributed by atoms with Gasteiger partial charge in [-0.25, -0.2) is 0 Å². The van der Waals surface area contributed by atoms with Crippen molar-refractivity contribution in [3.8, 4) is 11.5 Å². The fourth-order valence-electron chi connectivity index (χ4n) is 2.53. The van der Waals surface area contributed by atoms with Crippen LogP contribution in [0.2, 0.25) is 0 Å². The molecule has 0 aliphatic heterocycles. The number of hydrogen-bond donors (Lipinski definition) is 1. The van der Waals surface area contributed by atoms with Crippen molar-refractivity contribution in [1.82, 2.24) is 5.32 Å². The second-order valence-electron chi connectivity index (χ2n) is 5.96. The van der Waals surface area contributed by atoms with Crippen LogP contribution in [-0.4, -0.2) is 24.3 Å². The third kappa shape index (κ3) is 5.01. The molecule has 0 spiro atoms. The molecular formula is C21H21NO5S. The van der Waals surface area contributed by atoms with Gasteiger partial charge in [-0.15, -0.1) is 0 Å². The molecule has 0 bridgehead atoms. The number of furan rings is 1. The molecule has 0 saturated heterocycles. The van der Waals surface area contributed by atoms with Crippen LogP contribution in [0.3, 0.4) is 0 Å². The number of amides is 1. The summed E-state index contributed by atoms with van der Waals surface area (Å²) in [6.07, 6.45) is 0. The molecule has 3 aromatic rings. The van der Waals surface area contributed by atoms with E-state index in [0.29, 0.717) is 22.9 Å². The summed E-state index contributed by atoms with van der Waals surface area (Å²) in [5.74, 6) is 2.01. The van der Waals surface area contributed by atoms with Gasteiger partial charge in [0, 0.05) is 11.4 Å². The van der Waals surface area contributed by atoms with Gasteiger partial charge in [0.1, 0.15) is 17.3 Å². The van der Waals surface area contributed by atoms with Crippen molar-refractivity contribution in [1.29, 1.82) is 0 Å².